The molecule has 0 aromatic heterocycles. The maximum absolute atomic E-state index is 5.88. The van der Waals surface area contributed by atoms with Crippen LogP contribution >= 0.6 is 0 Å². The van der Waals surface area contributed by atoms with E-state index in [0.717, 1.165) is 42.5 Å². The molecule has 1 fully saturated rings. The minimum Gasteiger partial charge on any atom is -0.497 e. The summed E-state index contributed by atoms with van der Waals surface area (Å²) in [4.78, 5) is 4.40. The summed E-state index contributed by atoms with van der Waals surface area (Å²) < 4.78 is 33.8. The Morgan fingerprint density at radius 3 is 1.36 bits per heavy atom. The van der Waals surface area contributed by atoms with Crippen LogP contribution in [0.4, 0.5) is 11.4 Å². The summed E-state index contributed by atoms with van der Waals surface area (Å²) in [6, 6.07) is 16.0. The molecule has 8 nitrogen and oxygen atoms in total. The second-order valence-corrected chi connectivity index (χ2v) is 7.52. The Balaban J connectivity index is 1.53. The van der Waals surface area contributed by atoms with Gasteiger partial charge < -0.3 is 38.2 Å². The standard InChI is InChI=1S/C25H36N2O6/c1-28-24-7-3-22(4-8-24)26-11-14-30-17-18-32-16-13-27(21-33-20-19-31-15-12-26)23-5-9-25(29-2)10-6-23/h3-10H,11-21H2,1-2H3. The largest absolute Gasteiger partial charge is 0.497 e. The fourth-order valence-electron chi connectivity index (χ4n) is 3.47. The molecule has 0 saturated carbocycles. The van der Waals surface area contributed by atoms with Crippen molar-refractivity contribution >= 4 is 11.4 Å². The Morgan fingerprint density at radius 2 is 0.909 bits per heavy atom. The zero-order valence-corrected chi connectivity index (χ0v) is 19.7. The summed E-state index contributed by atoms with van der Waals surface area (Å²) >= 11 is 0. The third-order valence-electron chi connectivity index (χ3n) is 5.38. The Morgan fingerprint density at radius 1 is 0.515 bits per heavy atom. The van der Waals surface area contributed by atoms with Gasteiger partial charge in [-0.05, 0) is 48.5 Å². The van der Waals surface area contributed by atoms with Crippen LogP contribution in [0.3, 0.4) is 0 Å². The fraction of sp³-hybridized carbons (Fsp3) is 0.520. The van der Waals surface area contributed by atoms with Gasteiger partial charge >= 0.3 is 0 Å². The van der Waals surface area contributed by atoms with Gasteiger partial charge in [0, 0.05) is 31.0 Å². The van der Waals surface area contributed by atoms with E-state index in [-0.39, 0.29) is 0 Å². The molecule has 0 atom stereocenters. The maximum atomic E-state index is 5.88. The van der Waals surface area contributed by atoms with Crippen molar-refractivity contribution in [1.82, 2.24) is 0 Å². The van der Waals surface area contributed by atoms with Crippen molar-refractivity contribution in [3.05, 3.63) is 48.5 Å². The third kappa shape index (κ3) is 8.74. The number of rotatable bonds is 4. The predicted octanol–water partition coefficient (Wildman–Crippen LogP) is 3.05. The van der Waals surface area contributed by atoms with Crippen molar-refractivity contribution in [2.75, 3.05) is 96.6 Å². The SMILES string of the molecule is COc1ccc(N2CCOCCOCCN(c3ccc(OC)cc3)COCCOCC2)cc1. The minimum atomic E-state index is 0.466. The van der Waals surface area contributed by atoms with Crippen molar-refractivity contribution in [3.63, 3.8) is 0 Å². The Labute approximate surface area is 196 Å². The van der Waals surface area contributed by atoms with E-state index < -0.39 is 0 Å². The average molecular weight is 461 g/mol. The summed E-state index contributed by atoms with van der Waals surface area (Å²) in [6.45, 7) is 6.74. The van der Waals surface area contributed by atoms with Crippen LogP contribution in [0.5, 0.6) is 11.5 Å². The molecule has 1 aliphatic heterocycles. The molecule has 8 heteroatoms. The van der Waals surface area contributed by atoms with Gasteiger partial charge in [-0.2, -0.15) is 0 Å². The quantitative estimate of drug-likeness (QED) is 0.690. The zero-order valence-electron chi connectivity index (χ0n) is 19.7. The second kappa shape index (κ2) is 14.6. The van der Waals surface area contributed by atoms with Crippen LogP contribution in [0.2, 0.25) is 0 Å². The maximum Gasteiger partial charge on any atom is 0.119 e. The highest BCUT2D eigenvalue weighted by Gasteiger charge is 2.10. The highest BCUT2D eigenvalue weighted by Crippen LogP contribution is 2.20. The van der Waals surface area contributed by atoms with Gasteiger partial charge in [-0.15, -0.1) is 0 Å². The Kier molecular flexibility index (Phi) is 11.1. The highest BCUT2D eigenvalue weighted by atomic mass is 16.5. The molecule has 1 heterocycles. The van der Waals surface area contributed by atoms with E-state index in [2.05, 4.69) is 21.9 Å². The number of benzene rings is 2. The lowest BCUT2D eigenvalue weighted by Gasteiger charge is -2.25. The fourth-order valence-corrected chi connectivity index (χ4v) is 3.47. The summed E-state index contributed by atoms with van der Waals surface area (Å²) in [7, 11) is 3.34. The topological polar surface area (TPSA) is 61.9 Å². The summed E-state index contributed by atoms with van der Waals surface area (Å²) in [5, 5.41) is 0. The molecule has 2 aromatic rings. The minimum absolute atomic E-state index is 0.466. The zero-order chi connectivity index (χ0) is 23.1. The molecule has 0 spiro atoms. The lowest BCUT2D eigenvalue weighted by Crippen LogP contribution is -2.31. The molecule has 0 unspecified atom stereocenters. The molecule has 33 heavy (non-hydrogen) atoms. The Bertz CT molecular complexity index is 706. The first kappa shape index (κ1) is 25.1. The molecule has 0 amide bonds. The first-order valence-electron chi connectivity index (χ1n) is 11.4. The van der Waals surface area contributed by atoms with E-state index in [1.165, 1.54) is 0 Å². The number of ether oxygens (including phenoxy) is 6. The highest BCUT2D eigenvalue weighted by molar-refractivity contribution is 5.49. The van der Waals surface area contributed by atoms with Crippen molar-refractivity contribution in [2.45, 2.75) is 0 Å². The van der Waals surface area contributed by atoms with E-state index in [4.69, 9.17) is 28.4 Å². The molecule has 0 radical (unpaired) electrons. The van der Waals surface area contributed by atoms with E-state index in [9.17, 15) is 0 Å². The van der Waals surface area contributed by atoms with Crippen molar-refractivity contribution < 1.29 is 28.4 Å². The van der Waals surface area contributed by atoms with Gasteiger partial charge in [0.2, 0.25) is 0 Å². The van der Waals surface area contributed by atoms with Crippen molar-refractivity contribution in [3.8, 4) is 11.5 Å². The van der Waals surface area contributed by atoms with Crippen LogP contribution in [0, 0.1) is 0 Å². The normalized spacial score (nSPS) is 17.9. The first-order valence-corrected chi connectivity index (χ1v) is 11.4. The smallest absolute Gasteiger partial charge is 0.119 e. The van der Waals surface area contributed by atoms with Crippen LogP contribution in [0.25, 0.3) is 0 Å². The van der Waals surface area contributed by atoms with E-state index >= 15 is 0 Å². The predicted molar refractivity (Wildman–Crippen MR) is 129 cm³/mol. The van der Waals surface area contributed by atoms with Gasteiger partial charge in [0.25, 0.3) is 0 Å². The van der Waals surface area contributed by atoms with Crippen LogP contribution in [-0.2, 0) is 18.9 Å². The first-order chi connectivity index (χ1) is 16.3. The number of nitrogens with zero attached hydrogens (tertiary/aromatic N) is 2. The molecule has 0 N–H and O–H groups in total. The molecule has 182 valence electrons. The van der Waals surface area contributed by atoms with Gasteiger partial charge in [-0.3, -0.25) is 0 Å². The number of methoxy groups -OCH3 is 2. The lowest BCUT2D eigenvalue weighted by molar-refractivity contribution is 0.0446. The van der Waals surface area contributed by atoms with Crippen LogP contribution in [0.1, 0.15) is 0 Å². The monoisotopic (exact) mass is 460 g/mol. The molecule has 0 bridgehead atoms. The molecule has 3 rings (SSSR count). The molecule has 1 aliphatic rings. The van der Waals surface area contributed by atoms with E-state index in [0.29, 0.717) is 53.0 Å². The van der Waals surface area contributed by atoms with Gasteiger partial charge in [0.05, 0.1) is 60.5 Å². The molecule has 0 aliphatic carbocycles. The van der Waals surface area contributed by atoms with Gasteiger partial charge in [0.1, 0.15) is 18.2 Å². The number of hydrogen-bond acceptors (Lipinski definition) is 8. The molecule has 1 saturated heterocycles. The summed E-state index contributed by atoms with van der Waals surface area (Å²) in [5.41, 5.74) is 2.17. The lowest BCUT2D eigenvalue weighted by atomic mass is 10.2. The molecular formula is C25H36N2O6. The van der Waals surface area contributed by atoms with Crippen LogP contribution in [0.15, 0.2) is 48.5 Å². The molecule has 2 aromatic carbocycles. The summed E-state index contributed by atoms with van der Waals surface area (Å²) in [6.07, 6.45) is 0. The third-order valence-corrected chi connectivity index (χ3v) is 5.38. The second-order valence-electron chi connectivity index (χ2n) is 7.52. The van der Waals surface area contributed by atoms with E-state index in [1.54, 1.807) is 14.2 Å². The van der Waals surface area contributed by atoms with Crippen molar-refractivity contribution in [1.29, 1.82) is 0 Å². The summed E-state index contributed by atoms with van der Waals surface area (Å²) in [5.74, 6) is 1.67. The van der Waals surface area contributed by atoms with Gasteiger partial charge in [-0.1, -0.05) is 0 Å². The Hall–Kier alpha value is -2.52. The van der Waals surface area contributed by atoms with Crippen LogP contribution < -0.4 is 19.3 Å². The van der Waals surface area contributed by atoms with Gasteiger partial charge in [-0.25, -0.2) is 0 Å². The number of anilines is 2. The average Bonchev–Trinajstić information content (AvgIpc) is 2.87. The van der Waals surface area contributed by atoms with Crippen molar-refractivity contribution in [2.24, 2.45) is 0 Å². The van der Waals surface area contributed by atoms with Crippen LogP contribution in [-0.4, -0.2) is 86.8 Å². The van der Waals surface area contributed by atoms with Gasteiger partial charge in [0.15, 0.2) is 0 Å². The number of hydrogen-bond donors (Lipinski definition) is 0. The van der Waals surface area contributed by atoms with E-state index in [1.807, 2.05) is 36.4 Å². The molecular weight excluding hydrogens is 424 g/mol.